The number of carbonyl (C=O) groups excluding carboxylic acids is 2. The number of nitrogens with zero attached hydrogens (tertiary/aromatic N) is 1. The molecule has 6 heteroatoms. The van der Waals surface area contributed by atoms with Gasteiger partial charge in [0.25, 0.3) is 5.91 Å². The molecule has 0 aliphatic rings. The third kappa shape index (κ3) is 5.41. The molecule has 2 aromatic carbocycles. The molecule has 28 heavy (non-hydrogen) atoms. The van der Waals surface area contributed by atoms with Crippen molar-refractivity contribution in [2.24, 2.45) is 5.73 Å². The molecule has 142 valence electrons. The van der Waals surface area contributed by atoms with Crippen LogP contribution < -0.4 is 15.8 Å². The van der Waals surface area contributed by atoms with Gasteiger partial charge >= 0.3 is 0 Å². The van der Waals surface area contributed by atoms with Crippen LogP contribution in [0.5, 0.6) is 5.75 Å². The molecular weight excluding hydrogens is 354 g/mol. The standard InChI is InChI=1S/C22H21N3O3/c23-21(26)20(13-16-5-2-1-3-6-16)25-22(27)18-7-4-8-19(14-18)28-15-17-9-11-24-12-10-17/h1-12,14,20H,13,15H2,(H2,23,26)(H,25,27). The second-order valence-electron chi connectivity index (χ2n) is 6.29. The summed E-state index contributed by atoms with van der Waals surface area (Å²) in [6.45, 7) is 0.367. The number of rotatable bonds is 8. The minimum Gasteiger partial charge on any atom is -0.489 e. The summed E-state index contributed by atoms with van der Waals surface area (Å²) in [4.78, 5) is 28.3. The molecule has 0 aliphatic carbocycles. The van der Waals surface area contributed by atoms with Crippen molar-refractivity contribution in [2.45, 2.75) is 19.1 Å². The molecule has 0 spiro atoms. The number of pyridine rings is 1. The number of hydrogen-bond donors (Lipinski definition) is 2. The average molecular weight is 375 g/mol. The summed E-state index contributed by atoms with van der Waals surface area (Å²) in [5.74, 6) is -0.403. The van der Waals surface area contributed by atoms with Crippen molar-refractivity contribution in [3.05, 3.63) is 95.8 Å². The van der Waals surface area contributed by atoms with Crippen LogP contribution in [0.2, 0.25) is 0 Å². The molecular formula is C22H21N3O3. The summed E-state index contributed by atoms with van der Waals surface area (Å²) in [6.07, 6.45) is 3.72. The fourth-order valence-electron chi connectivity index (χ4n) is 2.69. The second-order valence-corrected chi connectivity index (χ2v) is 6.29. The predicted molar refractivity (Wildman–Crippen MR) is 106 cm³/mol. The molecule has 3 N–H and O–H groups in total. The van der Waals surface area contributed by atoms with E-state index in [0.717, 1.165) is 11.1 Å². The first-order chi connectivity index (χ1) is 13.6. The van der Waals surface area contributed by atoms with E-state index in [9.17, 15) is 9.59 Å². The third-order valence-electron chi connectivity index (χ3n) is 4.18. The Balaban J connectivity index is 1.64. The Morgan fingerprint density at radius 1 is 0.964 bits per heavy atom. The molecule has 6 nitrogen and oxygen atoms in total. The van der Waals surface area contributed by atoms with Crippen LogP contribution in [0.15, 0.2) is 79.1 Å². The van der Waals surface area contributed by atoms with Gasteiger partial charge in [-0.3, -0.25) is 14.6 Å². The Bertz CT molecular complexity index is 930. The van der Waals surface area contributed by atoms with Gasteiger partial charge in [-0.05, 0) is 41.5 Å². The van der Waals surface area contributed by atoms with Crippen molar-refractivity contribution in [1.82, 2.24) is 10.3 Å². The highest BCUT2D eigenvalue weighted by molar-refractivity contribution is 5.97. The number of amides is 2. The van der Waals surface area contributed by atoms with Crippen LogP contribution in [0.4, 0.5) is 0 Å². The predicted octanol–water partition coefficient (Wildman–Crippen LogP) is 2.49. The lowest BCUT2D eigenvalue weighted by Gasteiger charge is -2.16. The van der Waals surface area contributed by atoms with Crippen LogP contribution in [-0.2, 0) is 17.8 Å². The third-order valence-corrected chi connectivity index (χ3v) is 4.18. The van der Waals surface area contributed by atoms with Gasteiger partial charge in [0, 0.05) is 24.4 Å². The fraction of sp³-hybridized carbons (Fsp3) is 0.136. The largest absolute Gasteiger partial charge is 0.489 e. The van der Waals surface area contributed by atoms with Gasteiger partial charge in [0.1, 0.15) is 18.4 Å². The Morgan fingerprint density at radius 2 is 1.71 bits per heavy atom. The molecule has 0 saturated heterocycles. The molecule has 3 rings (SSSR count). The molecule has 3 aromatic rings. The molecule has 0 bridgehead atoms. The molecule has 0 fully saturated rings. The topological polar surface area (TPSA) is 94.3 Å². The number of nitrogens with two attached hydrogens (primary N) is 1. The number of nitrogens with one attached hydrogen (secondary N) is 1. The Labute approximate surface area is 163 Å². The zero-order valence-corrected chi connectivity index (χ0v) is 15.2. The van der Waals surface area contributed by atoms with E-state index in [1.54, 1.807) is 36.7 Å². The lowest BCUT2D eigenvalue weighted by atomic mass is 10.0. The van der Waals surface area contributed by atoms with Crippen molar-refractivity contribution in [2.75, 3.05) is 0 Å². The highest BCUT2D eigenvalue weighted by atomic mass is 16.5. The Morgan fingerprint density at radius 3 is 2.43 bits per heavy atom. The highest BCUT2D eigenvalue weighted by Crippen LogP contribution is 2.15. The van der Waals surface area contributed by atoms with E-state index in [2.05, 4.69) is 10.3 Å². The molecule has 0 saturated carbocycles. The number of primary amides is 1. The zero-order valence-electron chi connectivity index (χ0n) is 15.2. The van der Waals surface area contributed by atoms with Gasteiger partial charge in [-0.15, -0.1) is 0 Å². The molecule has 1 heterocycles. The normalized spacial score (nSPS) is 11.4. The van der Waals surface area contributed by atoms with E-state index in [4.69, 9.17) is 10.5 Å². The van der Waals surface area contributed by atoms with Gasteiger partial charge in [0.05, 0.1) is 0 Å². The first-order valence-corrected chi connectivity index (χ1v) is 8.87. The summed E-state index contributed by atoms with van der Waals surface area (Å²) in [6, 6.07) is 19.1. The van der Waals surface area contributed by atoms with Crippen molar-refractivity contribution in [1.29, 1.82) is 0 Å². The minimum absolute atomic E-state index is 0.333. The number of benzene rings is 2. The maximum atomic E-state index is 12.6. The van der Waals surface area contributed by atoms with Crippen molar-refractivity contribution >= 4 is 11.8 Å². The maximum Gasteiger partial charge on any atom is 0.252 e. The van der Waals surface area contributed by atoms with Crippen LogP contribution in [0, 0.1) is 0 Å². The fourth-order valence-corrected chi connectivity index (χ4v) is 2.69. The molecule has 0 aliphatic heterocycles. The van der Waals surface area contributed by atoms with Crippen LogP contribution in [0.25, 0.3) is 0 Å². The second kappa shape index (κ2) is 9.32. The number of aromatic nitrogens is 1. The summed E-state index contributed by atoms with van der Waals surface area (Å²) in [7, 11) is 0. The van der Waals surface area contributed by atoms with Gasteiger partial charge in [-0.2, -0.15) is 0 Å². The highest BCUT2D eigenvalue weighted by Gasteiger charge is 2.19. The Kier molecular flexibility index (Phi) is 6.36. The summed E-state index contributed by atoms with van der Waals surface area (Å²) in [5, 5.41) is 2.70. The lowest BCUT2D eigenvalue weighted by molar-refractivity contribution is -0.119. The number of carbonyl (C=O) groups is 2. The number of hydrogen-bond acceptors (Lipinski definition) is 4. The van der Waals surface area contributed by atoms with E-state index in [0.29, 0.717) is 24.3 Å². The van der Waals surface area contributed by atoms with Crippen molar-refractivity contribution in [3.8, 4) is 5.75 Å². The van der Waals surface area contributed by atoms with E-state index < -0.39 is 11.9 Å². The summed E-state index contributed by atoms with van der Waals surface area (Å²) < 4.78 is 5.73. The first kappa shape index (κ1) is 19.1. The summed E-state index contributed by atoms with van der Waals surface area (Å²) >= 11 is 0. The molecule has 1 atom stereocenters. The molecule has 2 amide bonds. The average Bonchev–Trinajstić information content (AvgIpc) is 2.73. The van der Waals surface area contributed by atoms with E-state index in [1.807, 2.05) is 42.5 Å². The van der Waals surface area contributed by atoms with E-state index in [-0.39, 0.29) is 5.91 Å². The SMILES string of the molecule is NC(=O)C(Cc1ccccc1)NC(=O)c1cccc(OCc2ccncc2)c1. The first-order valence-electron chi connectivity index (χ1n) is 8.87. The zero-order chi connectivity index (χ0) is 19.8. The van der Waals surface area contributed by atoms with Gasteiger partial charge < -0.3 is 15.8 Å². The van der Waals surface area contributed by atoms with Crippen LogP contribution in [-0.4, -0.2) is 22.8 Å². The lowest BCUT2D eigenvalue weighted by Crippen LogP contribution is -2.45. The number of ether oxygens (including phenoxy) is 1. The van der Waals surface area contributed by atoms with Gasteiger partial charge in [0.15, 0.2) is 0 Å². The van der Waals surface area contributed by atoms with E-state index in [1.165, 1.54) is 0 Å². The van der Waals surface area contributed by atoms with Crippen LogP contribution in [0.3, 0.4) is 0 Å². The maximum absolute atomic E-state index is 12.6. The van der Waals surface area contributed by atoms with Crippen molar-refractivity contribution < 1.29 is 14.3 Å². The molecule has 1 aromatic heterocycles. The summed E-state index contributed by atoms with van der Waals surface area (Å²) in [5.41, 5.74) is 7.76. The van der Waals surface area contributed by atoms with Gasteiger partial charge in [-0.25, -0.2) is 0 Å². The van der Waals surface area contributed by atoms with Crippen LogP contribution in [0.1, 0.15) is 21.5 Å². The van der Waals surface area contributed by atoms with Gasteiger partial charge in [0.2, 0.25) is 5.91 Å². The van der Waals surface area contributed by atoms with E-state index >= 15 is 0 Å². The minimum atomic E-state index is -0.795. The Hall–Kier alpha value is -3.67. The molecule has 0 radical (unpaired) electrons. The monoisotopic (exact) mass is 375 g/mol. The van der Waals surface area contributed by atoms with Gasteiger partial charge in [-0.1, -0.05) is 36.4 Å². The van der Waals surface area contributed by atoms with Crippen LogP contribution >= 0.6 is 0 Å². The quantitative estimate of drug-likeness (QED) is 0.632. The smallest absolute Gasteiger partial charge is 0.252 e. The van der Waals surface area contributed by atoms with Crippen molar-refractivity contribution in [3.63, 3.8) is 0 Å². The molecule has 1 unspecified atom stereocenters.